The molecule has 0 spiro atoms. The van der Waals surface area contributed by atoms with Gasteiger partial charge in [0.2, 0.25) is 9.58 Å². The van der Waals surface area contributed by atoms with Crippen LogP contribution in [0.3, 0.4) is 0 Å². The zero-order valence-electron chi connectivity index (χ0n) is 6.95. The molecule has 6 heteroatoms. The number of halogens is 5. The maximum Gasteiger partial charge on any atom is 0.215 e. The summed E-state index contributed by atoms with van der Waals surface area (Å²) in [6.45, 7) is 1.62. The fourth-order valence-electron chi connectivity index (χ4n) is 0.977. The van der Waals surface area contributed by atoms with Crippen molar-refractivity contribution in [1.29, 1.82) is 0 Å². The highest BCUT2D eigenvalue weighted by atomic mass is 35.6. The summed E-state index contributed by atoms with van der Waals surface area (Å²) in [5, 5.41) is -0.0716. The normalized spacial score (nSPS) is 21.7. The van der Waals surface area contributed by atoms with E-state index in [2.05, 4.69) is 0 Å². The molecule has 1 aliphatic rings. The Morgan fingerprint density at radius 2 is 1.50 bits per heavy atom. The van der Waals surface area contributed by atoms with Crippen molar-refractivity contribution in [3.05, 3.63) is 22.2 Å². The zero-order valence-corrected chi connectivity index (χ0v) is 10.7. The summed E-state index contributed by atoms with van der Waals surface area (Å²) in [6, 6.07) is 0. The Bertz CT molecular complexity index is 314. The first-order valence-electron chi connectivity index (χ1n) is 3.55. The molecule has 0 saturated heterocycles. The maximum atomic E-state index is 11.2. The van der Waals surface area contributed by atoms with Gasteiger partial charge < -0.3 is 0 Å². The van der Waals surface area contributed by atoms with Crippen molar-refractivity contribution in [2.24, 2.45) is 5.41 Å². The molecule has 0 bridgehead atoms. The lowest BCUT2D eigenvalue weighted by atomic mass is 9.87. The molecule has 1 aliphatic carbocycles. The van der Waals surface area contributed by atoms with Gasteiger partial charge in [-0.1, -0.05) is 58.0 Å². The minimum atomic E-state index is -1.60. The van der Waals surface area contributed by atoms with Crippen LogP contribution in [0.15, 0.2) is 22.2 Å². The maximum absolute atomic E-state index is 11.2. The molecule has 0 amide bonds. The molecule has 1 rings (SSSR count). The number of ketones is 1. The van der Waals surface area contributed by atoms with E-state index in [-0.39, 0.29) is 10.1 Å². The largest absolute Gasteiger partial charge is 0.287 e. The second-order valence-electron chi connectivity index (χ2n) is 3.09. The van der Waals surface area contributed by atoms with Gasteiger partial charge in [-0.25, -0.2) is 0 Å². The first-order chi connectivity index (χ1) is 6.17. The first kappa shape index (κ1) is 12.7. The highest BCUT2D eigenvalue weighted by Crippen LogP contribution is 2.50. The van der Waals surface area contributed by atoms with Gasteiger partial charge in [-0.3, -0.25) is 4.79 Å². The van der Waals surface area contributed by atoms with Crippen LogP contribution in [-0.2, 0) is 4.79 Å². The molecule has 0 N–H and O–H groups in total. The Kier molecular flexibility index (Phi) is 3.51. The van der Waals surface area contributed by atoms with Crippen LogP contribution in [0.2, 0.25) is 0 Å². The lowest BCUT2D eigenvalue weighted by molar-refractivity contribution is -0.111. The summed E-state index contributed by atoms with van der Waals surface area (Å²) in [4.78, 5) is 11.2. The zero-order chi connectivity index (χ0) is 11.1. The van der Waals surface area contributed by atoms with Gasteiger partial charge in [-0.05, 0) is 19.1 Å². The van der Waals surface area contributed by atoms with Crippen LogP contribution in [0.1, 0.15) is 6.92 Å². The van der Waals surface area contributed by atoms with Crippen LogP contribution in [0, 0.1) is 5.41 Å². The molecule has 78 valence electrons. The van der Waals surface area contributed by atoms with Gasteiger partial charge in [0.1, 0.15) is 0 Å². The molecular formula is C8H5Cl5O. The van der Waals surface area contributed by atoms with Crippen molar-refractivity contribution in [3.63, 3.8) is 0 Å². The van der Waals surface area contributed by atoms with E-state index in [0.29, 0.717) is 0 Å². The molecule has 0 saturated carbocycles. The van der Waals surface area contributed by atoms with Crippen LogP contribution in [-0.4, -0.2) is 9.58 Å². The summed E-state index contributed by atoms with van der Waals surface area (Å²) in [5.41, 5.74) is -0.972. The Hall–Kier alpha value is 0.600. The molecular weight excluding hydrogens is 289 g/mol. The molecule has 1 nitrogen and oxygen atoms in total. The van der Waals surface area contributed by atoms with Gasteiger partial charge in [0.15, 0.2) is 0 Å². The topological polar surface area (TPSA) is 17.1 Å². The lowest BCUT2D eigenvalue weighted by Crippen LogP contribution is -2.31. The number of hydrogen-bond donors (Lipinski definition) is 0. The Balaban J connectivity index is 3.23. The van der Waals surface area contributed by atoms with Gasteiger partial charge >= 0.3 is 0 Å². The summed E-state index contributed by atoms with van der Waals surface area (Å²) in [6.07, 6.45) is 2.77. The molecule has 0 aromatic rings. The van der Waals surface area contributed by atoms with Crippen LogP contribution in [0.5, 0.6) is 0 Å². The van der Waals surface area contributed by atoms with E-state index in [1.165, 1.54) is 12.2 Å². The van der Waals surface area contributed by atoms with Crippen molar-refractivity contribution >= 4 is 63.8 Å². The van der Waals surface area contributed by atoms with Gasteiger partial charge in [-0.15, -0.1) is 0 Å². The van der Waals surface area contributed by atoms with E-state index in [1.807, 2.05) is 0 Å². The fraction of sp³-hybridized carbons (Fsp3) is 0.375. The van der Waals surface area contributed by atoms with Crippen molar-refractivity contribution < 1.29 is 4.79 Å². The van der Waals surface area contributed by atoms with Crippen LogP contribution in [0.4, 0.5) is 0 Å². The van der Waals surface area contributed by atoms with Crippen LogP contribution >= 0.6 is 58.0 Å². The van der Waals surface area contributed by atoms with Crippen molar-refractivity contribution in [3.8, 4) is 0 Å². The van der Waals surface area contributed by atoms with E-state index >= 15 is 0 Å². The number of allylic oxidation sites excluding steroid dienone is 4. The van der Waals surface area contributed by atoms with Gasteiger partial charge in [0, 0.05) is 0 Å². The molecule has 0 aromatic carbocycles. The molecule has 0 fully saturated rings. The van der Waals surface area contributed by atoms with Crippen LogP contribution < -0.4 is 0 Å². The molecule has 0 heterocycles. The van der Waals surface area contributed by atoms with Crippen molar-refractivity contribution in [2.45, 2.75) is 10.7 Å². The summed E-state index contributed by atoms with van der Waals surface area (Å²) in [7, 11) is 0. The average molecular weight is 294 g/mol. The van der Waals surface area contributed by atoms with E-state index < -0.39 is 15.0 Å². The molecule has 14 heavy (non-hydrogen) atoms. The number of carbonyl (C=O) groups is 1. The third-order valence-electron chi connectivity index (χ3n) is 1.90. The SMILES string of the molecule is CC1(C(Cl)(Cl)Cl)C=C(Cl)C(=O)C(Cl)=C1. The highest BCUT2D eigenvalue weighted by Gasteiger charge is 2.44. The fourth-order valence-corrected chi connectivity index (χ4v) is 2.01. The molecule has 0 radical (unpaired) electrons. The average Bonchev–Trinajstić information content (AvgIpc) is 1.98. The summed E-state index contributed by atoms with van der Waals surface area (Å²) >= 11 is 28.6. The predicted molar refractivity (Wildman–Crippen MR) is 61.3 cm³/mol. The third-order valence-corrected chi connectivity index (χ3v) is 3.68. The second-order valence-corrected chi connectivity index (χ2v) is 6.19. The summed E-state index contributed by atoms with van der Waals surface area (Å²) in [5.74, 6) is -0.458. The first-order valence-corrected chi connectivity index (χ1v) is 5.44. The van der Waals surface area contributed by atoms with Gasteiger partial charge in [0.05, 0.1) is 15.5 Å². The smallest absolute Gasteiger partial charge is 0.215 e. The van der Waals surface area contributed by atoms with Crippen molar-refractivity contribution in [1.82, 2.24) is 0 Å². The quantitative estimate of drug-likeness (QED) is 0.612. The standard InChI is InChI=1S/C8H5Cl5O/c1-7(8(11,12)13)2-4(9)6(14)5(10)3-7/h2-3H,1H3. The Morgan fingerprint density at radius 3 is 1.79 bits per heavy atom. The molecule has 0 atom stereocenters. The summed E-state index contributed by atoms with van der Waals surface area (Å²) < 4.78 is -1.60. The van der Waals surface area contributed by atoms with Crippen molar-refractivity contribution in [2.75, 3.05) is 0 Å². The van der Waals surface area contributed by atoms with Gasteiger partial charge in [-0.2, -0.15) is 0 Å². The number of hydrogen-bond acceptors (Lipinski definition) is 1. The molecule has 0 aromatic heterocycles. The lowest BCUT2D eigenvalue weighted by Gasteiger charge is -2.32. The number of rotatable bonds is 0. The van der Waals surface area contributed by atoms with E-state index in [9.17, 15) is 4.79 Å². The van der Waals surface area contributed by atoms with E-state index in [0.717, 1.165) is 0 Å². The minimum Gasteiger partial charge on any atom is -0.287 e. The molecule has 0 unspecified atom stereocenters. The number of alkyl halides is 3. The third kappa shape index (κ3) is 2.23. The monoisotopic (exact) mass is 292 g/mol. The van der Waals surface area contributed by atoms with Crippen LogP contribution in [0.25, 0.3) is 0 Å². The number of carbonyl (C=O) groups excluding carboxylic acids is 1. The predicted octanol–water partition coefficient (Wildman–Crippen LogP) is 4.19. The Labute approximate surface area is 107 Å². The van der Waals surface area contributed by atoms with E-state index in [4.69, 9.17) is 58.0 Å². The highest BCUT2D eigenvalue weighted by molar-refractivity contribution is 6.68. The van der Waals surface area contributed by atoms with Gasteiger partial charge in [0.25, 0.3) is 0 Å². The van der Waals surface area contributed by atoms with E-state index in [1.54, 1.807) is 6.92 Å². The number of Topliss-reactive ketones (excluding diaryl/α,β-unsaturated/α-hetero) is 1. The molecule has 0 aliphatic heterocycles. The minimum absolute atomic E-state index is 0.0358. The second kappa shape index (κ2) is 3.88. The Morgan fingerprint density at radius 1 is 1.14 bits per heavy atom.